The number of ether oxygens (including phenoxy) is 1. The van der Waals surface area contributed by atoms with Gasteiger partial charge in [0.1, 0.15) is 5.75 Å². The number of carbonyl (C=O) groups excluding carboxylic acids is 2. The Balaban J connectivity index is 1.39. The molecule has 2 heterocycles. The summed E-state index contributed by atoms with van der Waals surface area (Å²) in [5.41, 5.74) is 2.13. The first-order chi connectivity index (χ1) is 14.1. The number of likely N-dealkylation sites (tertiary alicyclic amines) is 1. The van der Waals surface area contributed by atoms with Gasteiger partial charge in [0.15, 0.2) is 0 Å². The lowest BCUT2D eigenvalue weighted by molar-refractivity contribution is -0.132. The van der Waals surface area contributed by atoms with Crippen LogP contribution in [0.3, 0.4) is 0 Å². The lowest BCUT2D eigenvalue weighted by atomic mass is 9.93. The van der Waals surface area contributed by atoms with Gasteiger partial charge in [0.2, 0.25) is 5.91 Å². The van der Waals surface area contributed by atoms with Crippen LogP contribution in [0.25, 0.3) is 0 Å². The normalized spacial score (nSPS) is 19.1. The predicted molar refractivity (Wildman–Crippen MR) is 110 cm³/mol. The number of piperidine rings is 1. The third-order valence-corrected chi connectivity index (χ3v) is 5.91. The van der Waals surface area contributed by atoms with Gasteiger partial charge in [-0.05, 0) is 49.4 Å². The molecule has 1 aliphatic heterocycles. The van der Waals surface area contributed by atoms with Crippen LogP contribution in [0.4, 0.5) is 5.69 Å². The van der Waals surface area contributed by atoms with Crippen LogP contribution in [-0.4, -0.2) is 47.1 Å². The highest BCUT2D eigenvalue weighted by molar-refractivity contribution is 6.04. The maximum absolute atomic E-state index is 12.6. The molecule has 2 amide bonds. The number of methoxy groups -OCH3 is 1. The third kappa shape index (κ3) is 4.78. The lowest BCUT2D eigenvalue weighted by Gasteiger charge is -2.32. The number of nitrogens with one attached hydrogen (secondary N) is 2. The van der Waals surface area contributed by atoms with E-state index in [0.29, 0.717) is 30.0 Å². The molecular formula is C22H28N4O3. The largest absolute Gasteiger partial charge is 0.497 e. The molecule has 0 bridgehead atoms. The Labute approximate surface area is 170 Å². The molecule has 0 radical (unpaired) electrons. The molecular weight excluding hydrogens is 368 g/mol. The van der Waals surface area contributed by atoms with E-state index in [1.807, 2.05) is 4.90 Å². The zero-order chi connectivity index (χ0) is 20.2. The highest BCUT2D eigenvalue weighted by Crippen LogP contribution is 2.35. The number of amides is 2. The SMILES string of the molecule is COc1ccc(C(=O)Nc2cn[nH]c2[C@@H]2CCCN(C(=O)CCC3CC3)C2)cc1. The monoisotopic (exact) mass is 396 g/mol. The fraction of sp³-hybridized carbons (Fsp3) is 0.500. The fourth-order valence-electron chi connectivity index (χ4n) is 3.98. The molecule has 29 heavy (non-hydrogen) atoms. The zero-order valence-corrected chi connectivity index (χ0v) is 16.8. The lowest BCUT2D eigenvalue weighted by Crippen LogP contribution is -2.39. The van der Waals surface area contributed by atoms with Crippen molar-refractivity contribution in [3.8, 4) is 5.75 Å². The van der Waals surface area contributed by atoms with Crippen LogP contribution in [0.1, 0.15) is 60.5 Å². The fourth-order valence-corrected chi connectivity index (χ4v) is 3.98. The van der Waals surface area contributed by atoms with Gasteiger partial charge in [0, 0.05) is 31.0 Å². The Morgan fingerprint density at radius 2 is 2.03 bits per heavy atom. The minimum absolute atomic E-state index is 0.155. The van der Waals surface area contributed by atoms with Crippen molar-refractivity contribution in [2.24, 2.45) is 5.92 Å². The summed E-state index contributed by atoms with van der Waals surface area (Å²) in [5, 5.41) is 10.2. The molecule has 0 unspecified atom stereocenters. The van der Waals surface area contributed by atoms with E-state index in [-0.39, 0.29) is 17.7 Å². The Hall–Kier alpha value is -2.83. The van der Waals surface area contributed by atoms with Gasteiger partial charge in [-0.15, -0.1) is 0 Å². The summed E-state index contributed by atoms with van der Waals surface area (Å²) in [5.74, 6) is 1.70. The van der Waals surface area contributed by atoms with E-state index >= 15 is 0 Å². The molecule has 2 aliphatic rings. The number of benzene rings is 1. The van der Waals surface area contributed by atoms with Crippen LogP contribution < -0.4 is 10.1 Å². The predicted octanol–water partition coefficient (Wildman–Crippen LogP) is 3.57. The van der Waals surface area contributed by atoms with E-state index in [4.69, 9.17) is 4.74 Å². The molecule has 4 rings (SSSR count). The van der Waals surface area contributed by atoms with Crippen LogP contribution in [0.15, 0.2) is 30.5 Å². The number of hydrogen-bond donors (Lipinski definition) is 2. The number of aromatic nitrogens is 2. The van der Waals surface area contributed by atoms with E-state index < -0.39 is 0 Å². The van der Waals surface area contributed by atoms with Gasteiger partial charge in [0.25, 0.3) is 5.91 Å². The highest BCUT2D eigenvalue weighted by Gasteiger charge is 2.29. The molecule has 2 N–H and O–H groups in total. The smallest absolute Gasteiger partial charge is 0.255 e. The first-order valence-corrected chi connectivity index (χ1v) is 10.4. The second-order valence-electron chi connectivity index (χ2n) is 8.04. The molecule has 1 aliphatic carbocycles. The molecule has 2 aromatic rings. The number of H-pyrrole nitrogens is 1. The maximum Gasteiger partial charge on any atom is 0.255 e. The minimum atomic E-state index is -0.191. The van der Waals surface area contributed by atoms with E-state index in [9.17, 15) is 9.59 Å². The highest BCUT2D eigenvalue weighted by atomic mass is 16.5. The molecule has 7 heteroatoms. The van der Waals surface area contributed by atoms with Gasteiger partial charge >= 0.3 is 0 Å². The quantitative estimate of drug-likeness (QED) is 0.749. The number of rotatable bonds is 7. The van der Waals surface area contributed by atoms with Crippen molar-refractivity contribution in [2.45, 2.75) is 44.4 Å². The van der Waals surface area contributed by atoms with Crippen molar-refractivity contribution in [1.29, 1.82) is 0 Å². The van der Waals surface area contributed by atoms with Crippen LogP contribution in [0, 0.1) is 5.92 Å². The zero-order valence-electron chi connectivity index (χ0n) is 16.8. The topological polar surface area (TPSA) is 87.3 Å². The first-order valence-electron chi connectivity index (χ1n) is 10.4. The maximum atomic E-state index is 12.6. The van der Waals surface area contributed by atoms with Crippen molar-refractivity contribution in [3.05, 3.63) is 41.7 Å². The summed E-state index contributed by atoms with van der Waals surface area (Å²) < 4.78 is 5.14. The molecule has 154 valence electrons. The summed E-state index contributed by atoms with van der Waals surface area (Å²) in [6.45, 7) is 1.50. The minimum Gasteiger partial charge on any atom is -0.497 e. The average Bonchev–Trinajstić information content (AvgIpc) is 3.48. The van der Waals surface area contributed by atoms with Crippen LogP contribution in [-0.2, 0) is 4.79 Å². The van der Waals surface area contributed by atoms with Crippen molar-refractivity contribution in [2.75, 3.05) is 25.5 Å². The molecule has 0 spiro atoms. The number of carbonyl (C=O) groups is 2. The van der Waals surface area contributed by atoms with Gasteiger partial charge < -0.3 is 15.0 Å². The third-order valence-electron chi connectivity index (χ3n) is 5.91. The van der Waals surface area contributed by atoms with Gasteiger partial charge in [-0.2, -0.15) is 5.10 Å². The summed E-state index contributed by atoms with van der Waals surface area (Å²) in [6.07, 6.45) is 7.81. The number of nitrogens with zero attached hydrogens (tertiary/aromatic N) is 2. The molecule has 1 saturated carbocycles. The van der Waals surface area contributed by atoms with Crippen molar-refractivity contribution >= 4 is 17.5 Å². The number of aromatic amines is 1. The van der Waals surface area contributed by atoms with E-state index in [1.54, 1.807) is 37.6 Å². The van der Waals surface area contributed by atoms with Gasteiger partial charge in [-0.1, -0.05) is 12.8 Å². The van der Waals surface area contributed by atoms with Crippen molar-refractivity contribution in [1.82, 2.24) is 15.1 Å². The Morgan fingerprint density at radius 3 is 2.76 bits per heavy atom. The second-order valence-corrected chi connectivity index (χ2v) is 8.04. The van der Waals surface area contributed by atoms with Gasteiger partial charge in [-0.3, -0.25) is 14.7 Å². The molecule has 7 nitrogen and oxygen atoms in total. The molecule has 1 saturated heterocycles. The average molecular weight is 396 g/mol. The van der Waals surface area contributed by atoms with E-state index in [2.05, 4.69) is 15.5 Å². The Bertz CT molecular complexity index is 857. The van der Waals surface area contributed by atoms with Crippen molar-refractivity contribution < 1.29 is 14.3 Å². The summed E-state index contributed by atoms with van der Waals surface area (Å²) in [7, 11) is 1.59. The summed E-state index contributed by atoms with van der Waals surface area (Å²) in [4.78, 5) is 27.2. The van der Waals surface area contributed by atoms with Crippen LogP contribution in [0.2, 0.25) is 0 Å². The molecule has 1 atom stereocenters. The van der Waals surface area contributed by atoms with Gasteiger partial charge in [-0.25, -0.2) is 0 Å². The molecule has 2 fully saturated rings. The van der Waals surface area contributed by atoms with Crippen molar-refractivity contribution in [3.63, 3.8) is 0 Å². The Kier molecular flexibility index (Phi) is 5.83. The van der Waals surface area contributed by atoms with E-state index in [1.165, 1.54) is 12.8 Å². The summed E-state index contributed by atoms with van der Waals surface area (Å²) >= 11 is 0. The first kappa shape index (κ1) is 19.5. The standard InChI is InChI=1S/C22H28N4O3/c1-29-18-9-7-16(8-10-18)22(28)24-19-13-23-25-21(19)17-3-2-12-26(14-17)20(27)11-6-15-4-5-15/h7-10,13,15,17H,2-6,11-12,14H2,1H3,(H,23,25)(H,24,28)/t17-/m1/s1. The van der Waals surface area contributed by atoms with E-state index in [0.717, 1.165) is 37.4 Å². The van der Waals surface area contributed by atoms with Crippen LogP contribution >= 0.6 is 0 Å². The number of anilines is 1. The van der Waals surface area contributed by atoms with Crippen LogP contribution in [0.5, 0.6) is 5.75 Å². The Morgan fingerprint density at radius 1 is 1.24 bits per heavy atom. The summed E-state index contributed by atoms with van der Waals surface area (Å²) in [6, 6.07) is 6.98. The van der Waals surface area contributed by atoms with Gasteiger partial charge in [0.05, 0.1) is 24.7 Å². The second kappa shape index (κ2) is 8.68. The molecule has 1 aromatic carbocycles. The number of hydrogen-bond acceptors (Lipinski definition) is 4. The molecule has 1 aromatic heterocycles.